The van der Waals surface area contributed by atoms with E-state index in [9.17, 15) is 63.7 Å². The van der Waals surface area contributed by atoms with Crippen molar-refractivity contribution in [3.05, 3.63) is 154 Å². The number of ketones is 2. The third-order valence-corrected chi connectivity index (χ3v) is 10.1. The van der Waals surface area contributed by atoms with Gasteiger partial charge in [-0.3, -0.25) is 9.59 Å². The molecule has 2 aromatic heterocycles. The maximum absolute atomic E-state index is 14.1. The number of nitrogens with one attached hydrogen (secondary N) is 1. The Hall–Kier alpha value is -6.02. The first kappa shape index (κ1) is 47.7. The van der Waals surface area contributed by atoms with E-state index in [-0.39, 0.29) is 40.3 Å². The second-order valence-corrected chi connectivity index (χ2v) is 14.5. The topological polar surface area (TPSA) is 104 Å². The molecule has 61 heavy (non-hydrogen) atoms. The second kappa shape index (κ2) is 18.7. The quantitative estimate of drug-likeness (QED) is 0.0763. The van der Waals surface area contributed by atoms with Gasteiger partial charge in [0.05, 0.1) is 36.3 Å². The summed E-state index contributed by atoms with van der Waals surface area (Å²) in [5, 5.41) is 20.6. The lowest BCUT2D eigenvalue weighted by molar-refractivity contribution is -0.138. The lowest BCUT2D eigenvalue weighted by Crippen LogP contribution is -2.40. The standard InChI is InChI=1S/C21H15F5N2O2.C13H11BrF3NO2.C8H5F2N/c1-20(30,11-28-10-16(23)14-9-13(22)4-6-18(14)28)19(29)8-12-3-5-17(27-2)15(7-12)21(24,25)26;1-12(20,7-14)11(19)6-8-3-4-10(18-2)9(5-8)13(15,16)17;9-5-1-2-8-6(3-5)7(10)4-11-8/h3-7,9-10,30H,8,11H2,1H3;3-5,20H,6-7H2,1H3;1-4,11H/t20-;12-;/m00./s1. The van der Waals surface area contributed by atoms with Crippen LogP contribution in [0.3, 0.4) is 0 Å². The van der Waals surface area contributed by atoms with Gasteiger partial charge in [0.1, 0.15) is 34.5 Å². The molecule has 0 unspecified atom stereocenters. The van der Waals surface area contributed by atoms with Crippen molar-refractivity contribution in [2.24, 2.45) is 0 Å². The van der Waals surface area contributed by atoms with Crippen molar-refractivity contribution in [2.75, 3.05) is 5.33 Å². The fourth-order valence-electron chi connectivity index (χ4n) is 5.70. The zero-order chi connectivity index (χ0) is 45.7. The van der Waals surface area contributed by atoms with Crippen LogP contribution in [-0.2, 0) is 41.3 Å². The van der Waals surface area contributed by atoms with Crippen LogP contribution in [0.4, 0.5) is 55.3 Å². The predicted molar refractivity (Wildman–Crippen MR) is 208 cm³/mol. The van der Waals surface area contributed by atoms with Gasteiger partial charge in [-0.05, 0) is 61.4 Å². The molecule has 0 amide bonds. The lowest BCUT2D eigenvalue weighted by atomic mass is 9.94. The van der Waals surface area contributed by atoms with Crippen LogP contribution in [0.5, 0.6) is 0 Å². The third kappa shape index (κ3) is 11.8. The molecule has 6 aromatic rings. The van der Waals surface area contributed by atoms with Gasteiger partial charge in [0.2, 0.25) is 0 Å². The largest absolute Gasteiger partial charge is 0.407 e. The maximum atomic E-state index is 14.1. The minimum absolute atomic E-state index is 0.00883. The number of fused-ring (bicyclic) bond motifs is 2. The Labute approximate surface area is 348 Å². The Kier molecular flexibility index (Phi) is 14.6. The first-order valence-corrected chi connectivity index (χ1v) is 18.5. The molecule has 3 N–H and O–H groups in total. The molecule has 0 aliphatic rings. The first-order valence-electron chi connectivity index (χ1n) is 17.4. The summed E-state index contributed by atoms with van der Waals surface area (Å²) in [6, 6.07) is 13.3. The van der Waals surface area contributed by atoms with Crippen molar-refractivity contribution >= 4 is 60.7 Å². The van der Waals surface area contributed by atoms with Crippen molar-refractivity contribution in [1.82, 2.24) is 9.55 Å². The summed E-state index contributed by atoms with van der Waals surface area (Å²) in [5.74, 6) is -3.62. The van der Waals surface area contributed by atoms with Crippen LogP contribution in [-0.4, -0.2) is 47.9 Å². The van der Waals surface area contributed by atoms with Gasteiger partial charge in [-0.1, -0.05) is 52.3 Å². The number of H-pyrrole nitrogens is 1. The Balaban J connectivity index is 0.000000225. The van der Waals surface area contributed by atoms with Crippen LogP contribution < -0.4 is 0 Å². The van der Waals surface area contributed by atoms with E-state index in [2.05, 4.69) is 30.6 Å². The number of rotatable bonds is 9. The van der Waals surface area contributed by atoms with Crippen molar-refractivity contribution in [2.45, 2.75) is 56.8 Å². The van der Waals surface area contributed by atoms with Gasteiger partial charge in [-0.15, -0.1) is 0 Å². The lowest BCUT2D eigenvalue weighted by Gasteiger charge is -2.23. The summed E-state index contributed by atoms with van der Waals surface area (Å²) in [7, 11) is 0. The predicted octanol–water partition coefficient (Wildman–Crippen LogP) is 11.0. The van der Waals surface area contributed by atoms with Crippen LogP contribution in [0.15, 0.2) is 85.2 Å². The number of aromatic nitrogens is 2. The SMILES string of the molecule is Fc1ccc2[nH]cc(F)c2c1.[C-]#[N+]c1ccc(CC(=O)[C@@](C)(O)CBr)cc1C(F)(F)F.[C-]#[N+]c1ccc(CC(=O)[C@@](C)(O)Cn2cc(F)c3cc(F)ccc32)cc1C(F)(F)F. The molecule has 0 aliphatic heterocycles. The van der Waals surface area contributed by atoms with Crippen LogP contribution in [0.25, 0.3) is 31.5 Å². The molecule has 2 atom stereocenters. The molecule has 0 bridgehead atoms. The van der Waals surface area contributed by atoms with Crippen molar-refractivity contribution in [3.8, 4) is 0 Å². The van der Waals surface area contributed by atoms with Crippen LogP contribution in [0, 0.1) is 36.4 Å². The summed E-state index contributed by atoms with van der Waals surface area (Å²) >= 11 is 2.96. The third-order valence-electron chi connectivity index (χ3n) is 9.03. The van der Waals surface area contributed by atoms with Gasteiger partial charge in [0.15, 0.2) is 22.9 Å². The first-order chi connectivity index (χ1) is 28.3. The molecule has 0 saturated heterocycles. The highest BCUT2D eigenvalue weighted by Gasteiger charge is 2.36. The highest BCUT2D eigenvalue weighted by atomic mass is 79.9. The van der Waals surface area contributed by atoms with Crippen LogP contribution >= 0.6 is 15.9 Å². The highest BCUT2D eigenvalue weighted by Crippen LogP contribution is 2.38. The number of hydrogen-bond donors (Lipinski definition) is 3. The van der Waals surface area contributed by atoms with E-state index in [0.717, 1.165) is 36.5 Å². The van der Waals surface area contributed by atoms with E-state index in [0.29, 0.717) is 17.0 Å². The summed E-state index contributed by atoms with van der Waals surface area (Å²) in [6.07, 6.45) is -8.05. The molecule has 8 nitrogen and oxygen atoms in total. The molecule has 6 rings (SSSR count). The van der Waals surface area contributed by atoms with Gasteiger partial charge >= 0.3 is 12.4 Å². The van der Waals surface area contributed by atoms with Crippen LogP contribution in [0.2, 0.25) is 0 Å². The van der Waals surface area contributed by atoms with Gasteiger partial charge in [-0.2, -0.15) is 26.3 Å². The summed E-state index contributed by atoms with van der Waals surface area (Å²) < 4.78 is 131. The maximum Gasteiger partial charge on any atom is 0.407 e. The Morgan fingerprint density at radius 2 is 1.16 bits per heavy atom. The number of aromatic amines is 1. The molecule has 0 saturated carbocycles. The van der Waals surface area contributed by atoms with Crippen molar-refractivity contribution in [3.63, 3.8) is 0 Å². The van der Waals surface area contributed by atoms with Crippen molar-refractivity contribution in [1.29, 1.82) is 0 Å². The monoisotopic (exact) mass is 924 g/mol. The van der Waals surface area contributed by atoms with Gasteiger partial charge < -0.3 is 19.8 Å². The molecule has 0 spiro atoms. The minimum atomic E-state index is -4.77. The number of carbonyl (C=O) groups excluding carboxylic acids is 2. The smallest absolute Gasteiger partial charge is 0.381 e. The number of hydrogen-bond acceptors (Lipinski definition) is 4. The van der Waals surface area contributed by atoms with Crippen molar-refractivity contribution < 1.29 is 63.7 Å². The highest BCUT2D eigenvalue weighted by molar-refractivity contribution is 9.09. The molecular weight excluding hydrogens is 894 g/mol. The fraction of sp³-hybridized carbons (Fsp3) is 0.238. The van der Waals surface area contributed by atoms with E-state index < -0.39 is 87.3 Å². The Morgan fingerprint density at radius 3 is 1.64 bits per heavy atom. The van der Waals surface area contributed by atoms with E-state index in [1.54, 1.807) is 0 Å². The fourth-order valence-corrected chi connectivity index (χ4v) is 6.01. The Bertz CT molecular complexity index is 2670. The number of aliphatic hydroxyl groups is 2. The number of nitrogens with zero attached hydrogens (tertiary/aromatic N) is 3. The Morgan fingerprint density at radius 1 is 0.689 bits per heavy atom. The summed E-state index contributed by atoms with van der Waals surface area (Å²) in [6.45, 7) is 15.6. The zero-order valence-corrected chi connectivity index (χ0v) is 33.2. The van der Waals surface area contributed by atoms with Gasteiger partial charge in [0, 0.05) is 46.9 Å². The molecule has 19 heteroatoms. The molecule has 4 aromatic carbocycles. The van der Waals surface area contributed by atoms with Gasteiger partial charge in [0.25, 0.3) is 0 Å². The number of alkyl halides is 7. The summed E-state index contributed by atoms with van der Waals surface area (Å²) in [4.78, 5) is 32.7. The van der Waals surface area contributed by atoms with E-state index in [1.807, 2.05) is 0 Å². The molecule has 2 heterocycles. The molecule has 320 valence electrons. The molecular formula is C42H31BrF10N4O4. The average Bonchev–Trinajstić information content (AvgIpc) is 3.70. The van der Waals surface area contributed by atoms with E-state index >= 15 is 0 Å². The van der Waals surface area contributed by atoms with Crippen LogP contribution in [0.1, 0.15) is 36.1 Å². The van der Waals surface area contributed by atoms with E-state index in [4.69, 9.17) is 13.1 Å². The molecule has 0 radical (unpaired) electrons. The number of halogens is 11. The van der Waals surface area contributed by atoms with Gasteiger partial charge in [-0.25, -0.2) is 27.3 Å². The average molecular weight is 926 g/mol. The normalized spacial score (nSPS) is 13.5. The number of carbonyl (C=O) groups is 2. The minimum Gasteiger partial charge on any atom is -0.381 e. The molecule has 0 aliphatic carbocycles. The summed E-state index contributed by atoms with van der Waals surface area (Å²) in [5.41, 5.74) is -6.07. The number of Topliss-reactive ketones (excluding diaryl/α,β-unsaturated/α-hetero) is 2. The number of benzene rings is 4. The van der Waals surface area contributed by atoms with E-state index in [1.165, 1.54) is 61.0 Å². The second-order valence-electron chi connectivity index (χ2n) is 13.9. The molecule has 0 fully saturated rings. The zero-order valence-electron chi connectivity index (χ0n) is 31.6.